The first-order valence-corrected chi connectivity index (χ1v) is 3.06. The number of hydrogen-bond acceptors (Lipinski definition) is 5. The second-order valence-corrected chi connectivity index (χ2v) is 1.99. The molecule has 0 fully saturated rings. The molecule has 0 radical (unpaired) electrons. The van der Waals surface area contributed by atoms with E-state index in [0.29, 0.717) is 6.08 Å². The van der Waals surface area contributed by atoms with Crippen LogP contribution in [0.4, 0.5) is 0 Å². The lowest BCUT2D eigenvalue weighted by molar-refractivity contribution is -0.133. The molecule has 0 spiro atoms. The summed E-state index contributed by atoms with van der Waals surface area (Å²) in [5.74, 6) is -2.78. The topological polar surface area (TPSA) is 114 Å². The molecule has 13 heavy (non-hydrogen) atoms. The van der Waals surface area contributed by atoms with Crippen LogP contribution in [0.15, 0.2) is 16.9 Å². The van der Waals surface area contributed by atoms with Crippen LogP contribution < -0.4 is 0 Å². The fourth-order valence-corrected chi connectivity index (χ4v) is 0.651. The van der Waals surface area contributed by atoms with Gasteiger partial charge in [0.05, 0.1) is 5.57 Å². The molecule has 0 bridgehead atoms. The fourth-order valence-electron chi connectivity index (χ4n) is 0.651. The van der Waals surface area contributed by atoms with E-state index in [1.54, 1.807) is 0 Å². The molecule has 0 saturated heterocycles. The van der Waals surface area contributed by atoms with Gasteiger partial charge in [0.1, 0.15) is 5.69 Å². The highest BCUT2D eigenvalue weighted by Gasteiger charge is 2.15. The second kappa shape index (κ2) is 3.48. The number of rotatable bonds is 3. The Morgan fingerprint density at radius 1 is 1.46 bits per heavy atom. The van der Waals surface area contributed by atoms with Crippen LogP contribution >= 0.6 is 0 Å². The van der Waals surface area contributed by atoms with Crippen molar-refractivity contribution in [2.75, 3.05) is 0 Å². The van der Waals surface area contributed by atoms with Gasteiger partial charge in [0.15, 0.2) is 6.26 Å². The molecule has 68 valence electrons. The Morgan fingerprint density at radius 3 is 2.54 bits per heavy atom. The number of aliphatic carboxylic acids is 2. The molecule has 0 aliphatic heterocycles. The summed E-state index contributed by atoms with van der Waals surface area (Å²) in [6, 6.07) is 0. The monoisotopic (exact) mass is 184 g/mol. The van der Waals surface area contributed by atoms with Crippen LogP contribution in [0, 0.1) is 0 Å². The van der Waals surface area contributed by atoms with Gasteiger partial charge in [0.25, 0.3) is 0 Å². The average molecular weight is 184 g/mol. The molecule has 1 aromatic rings. The maximum atomic E-state index is 10.5. The largest absolute Gasteiger partial charge is 0.478 e. The van der Waals surface area contributed by atoms with Crippen molar-refractivity contribution < 1.29 is 24.3 Å². The molecule has 0 aliphatic carbocycles. The second-order valence-electron chi connectivity index (χ2n) is 1.99. The molecule has 0 saturated carbocycles. The van der Waals surface area contributed by atoms with Gasteiger partial charge in [-0.3, -0.25) is 0 Å². The maximum absolute atomic E-state index is 10.5. The molecule has 1 aromatic heterocycles. The number of hydrogen-bond donors (Lipinski definition) is 2. The zero-order valence-electron chi connectivity index (χ0n) is 6.17. The van der Waals surface area contributed by atoms with Gasteiger partial charge in [-0.1, -0.05) is 0 Å². The van der Waals surface area contributed by atoms with Crippen molar-refractivity contribution in [3.63, 3.8) is 0 Å². The van der Waals surface area contributed by atoms with Gasteiger partial charge in [-0.2, -0.15) is 0 Å². The summed E-state index contributed by atoms with van der Waals surface area (Å²) in [5.41, 5.74) is -0.608. The molecule has 0 amide bonds. The molecule has 1 rings (SSSR count). The Bertz CT molecular complexity index is 353. The minimum absolute atomic E-state index is 0.130. The summed E-state index contributed by atoms with van der Waals surface area (Å²) in [7, 11) is 0. The molecule has 0 aliphatic rings. The Morgan fingerprint density at radius 2 is 2.15 bits per heavy atom. The summed E-state index contributed by atoms with van der Waals surface area (Å²) in [6.45, 7) is 0. The first kappa shape index (κ1) is 8.91. The van der Waals surface area contributed by atoms with Gasteiger partial charge in [-0.05, 0) is 0 Å². The highest BCUT2D eigenvalue weighted by molar-refractivity contribution is 6.18. The van der Waals surface area contributed by atoms with E-state index in [4.69, 9.17) is 10.2 Å². The Labute approximate surface area is 71.3 Å². The predicted molar refractivity (Wildman–Crippen MR) is 37.5 cm³/mol. The number of carboxylic acids is 2. The molecule has 0 aromatic carbocycles. The Kier molecular flexibility index (Phi) is 2.38. The van der Waals surface area contributed by atoms with E-state index in [0.717, 1.165) is 6.26 Å². The van der Waals surface area contributed by atoms with Crippen LogP contribution in [0.1, 0.15) is 5.69 Å². The highest BCUT2D eigenvalue weighted by Crippen LogP contribution is 2.10. The third-order valence-electron chi connectivity index (χ3n) is 1.13. The summed E-state index contributed by atoms with van der Waals surface area (Å²) < 4.78 is 4.27. The van der Waals surface area contributed by atoms with E-state index in [-0.39, 0.29) is 5.69 Å². The minimum Gasteiger partial charge on any atom is -0.478 e. The van der Waals surface area contributed by atoms with E-state index >= 15 is 0 Å². The lowest BCUT2D eigenvalue weighted by Gasteiger charge is -1.92. The van der Waals surface area contributed by atoms with Gasteiger partial charge < -0.3 is 14.7 Å². The van der Waals surface area contributed by atoms with Gasteiger partial charge in [0, 0.05) is 11.3 Å². The first-order chi connectivity index (χ1) is 6.11. The molecule has 2 N–H and O–H groups in total. The lowest BCUT2D eigenvalue weighted by atomic mass is 10.2. The standard InChI is InChI=1S/C6H4N2O5/c9-5(10)1-3(6(11)12)4-2-13-8-7-4/h1-2H,(H,9,10)(H,11,12)/b3-1-. The van der Waals surface area contributed by atoms with E-state index in [9.17, 15) is 9.59 Å². The van der Waals surface area contributed by atoms with Crippen LogP contribution in [0.2, 0.25) is 0 Å². The lowest BCUT2D eigenvalue weighted by Crippen LogP contribution is -2.03. The van der Waals surface area contributed by atoms with Crippen molar-refractivity contribution in [3.05, 3.63) is 18.0 Å². The number of aromatic nitrogens is 2. The van der Waals surface area contributed by atoms with E-state index in [2.05, 4.69) is 14.9 Å². The molecular weight excluding hydrogens is 180 g/mol. The Hall–Kier alpha value is -2.18. The van der Waals surface area contributed by atoms with Crippen LogP contribution in [0.3, 0.4) is 0 Å². The van der Waals surface area contributed by atoms with Crippen LogP contribution in [-0.4, -0.2) is 32.5 Å². The maximum Gasteiger partial charge on any atom is 0.338 e. The van der Waals surface area contributed by atoms with Crippen LogP contribution in [0.25, 0.3) is 5.57 Å². The van der Waals surface area contributed by atoms with Crippen molar-refractivity contribution in [1.82, 2.24) is 10.4 Å². The number of carboxylic acid groups (broad SMARTS) is 2. The summed E-state index contributed by atoms with van der Waals surface area (Å²) in [4.78, 5) is 20.7. The van der Waals surface area contributed by atoms with E-state index < -0.39 is 17.5 Å². The summed E-state index contributed by atoms with van der Waals surface area (Å²) in [5, 5.41) is 23.1. The van der Waals surface area contributed by atoms with Gasteiger partial charge in [0.2, 0.25) is 0 Å². The van der Waals surface area contributed by atoms with E-state index in [1.165, 1.54) is 0 Å². The normalized spacial score (nSPS) is 11.2. The summed E-state index contributed by atoms with van der Waals surface area (Å²) >= 11 is 0. The molecule has 0 atom stereocenters. The van der Waals surface area contributed by atoms with Gasteiger partial charge in [-0.15, -0.1) is 5.10 Å². The third-order valence-corrected chi connectivity index (χ3v) is 1.13. The number of carbonyl (C=O) groups is 2. The van der Waals surface area contributed by atoms with Crippen LogP contribution in [0.5, 0.6) is 0 Å². The molecular formula is C6H4N2O5. The first-order valence-electron chi connectivity index (χ1n) is 3.06. The highest BCUT2D eigenvalue weighted by atomic mass is 16.5. The van der Waals surface area contributed by atoms with Crippen molar-refractivity contribution >= 4 is 17.5 Å². The van der Waals surface area contributed by atoms with Gasteiger partial charge in [-0.25, -0.2) is 9.59 Å². The van der Waals surface area contributed by atoms with Crippen molar-refractivity contribution in [2.45, 2.75) is 0 Å². The summed E-state index contributed by atoms with van der Waals surface area (Å²) in [6.07, 6.45) is 1.46. The predicted octanol–water partition coefficient (Wildman–Crippen LogP) is -0.378. The molecule has 1 heterocycles. The van der Waals surface area contributed by atoms with Crippen molar-refractivity contribution in [3.8, 4) is 0 Å². The fraction of sp³-hybridized carbons (Fsp3) is 0. The van der Waals surface area contributed by atoms with Crippen LogP contribution in [-0.2, 0) is 9.59 Å². The average Bonchev–Trinajstić information content (AvgIpc) is 2.50. The minimum atomic E-state index is -1.40. The molecule has 7 nitrogen and oxygen atoms in total. The zero-order chi connectivity index (χ0) is 9.84. The Balaban J connectivity index is 3.08. The quantitative estimate of drug-likeness (QED) is 0.615. The SMILES string of the molecule is O=C(O)/C=C(\C(=O)O)c1conn1. The third kappa shape index (κ3) is 2.12. The molecule has 0 unspecified atom stereocenters. The zero-order valence-corrected chi connectivity index (χ0v) is 6.17. The molecule has 7 heteroatoms. The van der Waals surface area contributed by atoms with Gasteiger partial charge >= 0.3 is 11.9 Å². The smallest absolute Gasteiger partial charge is 0.338 e. The number of nitrogens with zero attached hydrogens (tertiary/aromatic N) is 2. The van der Waals surface area contributed by atoms with E-state index in [1.807, 2.05) is 0 Å². The van der Waals surface area contributed by atoms with Crippen molar-refractivity contribution in [1.29, 1.82) is 0 Å². The van der Waals surface area contributed by atoms with Crippen molar-refractivity contribution in [2.24, 2.45) is 0 Å².